The smallest absolute Gasteiger partial charge is 0.223 e. The predicted octanol–water partition coefficient (Wildman–Crippen LogP) is 2.51. The second-order valence-corrected chi connectivity index (χ2v) is 4.98. The van der Waals surface area contributed by atoms with Crippen LogP contribution in [0.4, 0.5) is 0 Å². The molecule has 0 aromatic heterocycles. The molecule has 0 aromatic carbocycles. The fourth-order valence-corrected chi connectivity index (χ4v) is 2.49. The molecule has 2 unspecified atom stereocenters. The fourth-order valence-electron chi connectivity index (χ4n) is 2.02. The van der Waals surface area contributed by atoms with Gasteiger partial charge in [0, 0.05) is 24.9 Å². The zero-order valence-electron chi connectivity index (χ0n) is 9.29. The van der Waals surface area contributed by atoms with Crippen molar-refractivity contribution in [1.82, 2.24) is 4.90 Å². The molecule has 0 bridgehead atoms. The minimum absolute atomic E-state index is 0.267. The van der Waals surface area contributed by atoms with E-state index in [-0.39, 0.29) is 11.9 Å². The van der Waals surface area contributed by atoms with Crippen LogP contribution < -0.4 is 0 Å². The third-order valence-electron chi connectivity index (χ3n) is 2.94. The summed E-state index contributed by atoms with van der Waals surface area (Å²) in [6.45, 7) is 7.22. The SMILES string of the molecule is CC(C)CC(=O)N1CCC(C)C1CCl. The van der Waals surface area contributed by atoms with E-state index < -0.39 is 0 Å². The Morgan fingerprint density at radius 2 is 2.21 bits per heavy atom. The maximum absolute atomic E-state index is 11.8. The number of hydrogen-bond acceptors (Lipinski definition) is 1. The lowest BCUT2D eigenvalue weighted by Gasteiger charge is -2.25. The first-order valence-electron chi connectivity index (χ1n) is 5.41. The zero-order chi connectivity index (χ0) is 10.7. The van der Waals surface area contributed by atoms with Gasteiger partial charge in [-0.25, -0.2) is 0 Å². The molecule has 0 spiro atoms. The Hall–Kier alpha value is -0.240. The van der Waals surface area contributed by atoms with Gasteiger partial charge in [0.15, 0.2) is 0 Å². The maximum atomic E-state index is 11.8. The van der Waals surface area contributed by atoms with Crippen molar-refractivity contribution in [2.75, 3.05) is 12.4 Å². The van der Waals surface area contributed by atoms with E-state index >= 15 is 0 Å². The average molecular weight is 218 g/mol. The van der Waals surface area contributed by atoms with Crippen LogP contribution in [0.15, 0.2) is 0 Å². The molecule has 0 aromatic rings. The second kappa shape index (κ2) is 5.01. The van der Waals surface area contributed by atoms with Crippen molar-refractivity contribution in [3.05, 3.63) is 0 Å². The van der Waals surface area contributed by atoms with Gasteiger partial charge in [0.1, 0.15) is 0 Å². The summed E-state index contributed by atoms with van der Waals surface area (Å²) < 4.78 is 0. The van der Waals surface area contributed by atoms with Crippen LogP contribution in [0, 0.1) is 11.8 Å². The van der Waals surface area contributed by atoms with E-state index in [1.807, 2.05) is 4.90 Å². The van der Waals surface area contributed by atoms with Crippen molar-refractivity contribution in [3.8, 4) is 0 Å². The Morgan fingerprint density at radius 1 is 1.57 bits per heavy atom. The maximum Gasteiger partial charge on any atom is 0.223 e. The molecule has 1 amide bonds. The van der Waals surface area contributed by atoms with E-state index in [0.717, 1.165) is 13.0 Å². The van der Waals surface area contributed by atoms with E-state index in [0.29, 0.717) is 24.1 Å². The number of hydrogen-bond donors (Lipinski definition) is 0. The Morgan fingerprint density at radius 3 is 2.71 bits per heavy atom. The highest BCUT2D eigenvalue weighted by Gasteiger charge is 2.33. The summed E-state index contributed by atoms with van der Waals surface area (Å²) in [4.78, 5) is 13.8. The van der Waals surface area contributed by atoms with Gasteiger partial charge in [-0.15, -0.1) is 11.6 Å². The molecule has 3 heteroatoms. The van der Waals surface area contributed by atoms with Crippen LogP contribution in [0.2, 0.25) is 0 Å². The Bertz CT molecular complexity index is 205. The molecule has 1 saturated heterocycles. The van der Waals surface area contributed by atoms with Crippen LogP contribution in [0.1, 0.15) is 33.6 Å². The lowest BCUT2D eigenvalue weighted by atomic mass is 10.0. The molecule has 1 rings (SSSR count). The number of carbonyl (C=O) groups excluding carboxylic acids is 1. The molecule has 82 valence electrons. The van der Waals surface area contributed by atoms with Crippen LogP contribution in [0.25, 0.3) is 0 Å². The lowest BCUT2D eigenvalue weighted by molar-refractivity contribution is -0.132. The summed E-state index contributed by atoms with van der Waals surface area (Å²) in [6.07, 6.45) is 1.75. The number of nitrogens with zero attached hydrogens (tertiary/aromatic N) is 1. The number of likely N-dealkylation sites (tertiary alicyclic amines) is 1. The molecule has 0 N–H and O–H groups in total. The van der Waals surface area contributed by atoms with Gasteiger partial charge < -0.3 is 4.90 Å². The van der Waals surface area contributed by atoms with Crippen molar-refractivity contribution >= 4 is 17.5 Å². The second-order valence-electron chi connectivity index (χ2n) is 4.67. The highest BCUT2D eigenvalue weighted by Crippen LogP contribution is 2.26. The topological polar surface area (TPSA) is 20.3 Å². The zero-order valence-corrected chi connectivity index (χ0v) is 10.0. The van der Waals surface area contributed by atoms with E-state index in [1.165, 1.54) is 0 Å². The molecule has 2 nitrogen and oxygen atoms in total. The van der Waals surface area contributed by atoms with E-state index in [2.05, 4.69) is 20.8 Å². The van der Waals surface area contributed by atoms with E-state index in [9.17, 15) is 4.79 Å². The minimum atomic E-state index is 0.267. The molecule has 1 aliphatic heterocycles. The summed E-state index contributed by atoms with van der Waals surface area (Å²) in [5.41, 5.74) is 0. The van der Waals surface area contributed by atoms with E-state index in [1.54, 1.807) is 0 Å². The number of rotatable bonds is 3. The first-order valence-corrected chi connectivity index (χ1v) is 5.95. The van der Waals surface area contributed by atoms with E-state index in [4.69, 9.17) is 11.6 Å². The van der Waals surface area contributed by atoms with Gasteiger partial charge in [0.25, 0.3) is 0 Å². The van der Waals surface area contributed by atoms with Crippen molar-refractivity contribution in [2.24, 2.45) is 11.8 Å². The molecule has 1 fully saturated rings. The monoisotopic (exact) mass is 217 g/mol. The Kier molecular flexibility index (Phi) is 4.24. The average Bonchev–Trinajstić information content (AvgIpc) is 2.45. The summed E-state index contributed by atoms with van der Waals surface area (Å²) in [5.74, 6) is 1.85. The summed E-state index contributed by atoms with van der Waals surface area (Å²) >= 11 is 5.88. The molecule has 0 saturated carbocycles. The van der Waals surface area contributed by atoms with Crippen molar-refractivity contribution in [3.63, 3.8) is 0 Å². The molecule has 0 aliphatic carbocycles. The van der Waals surface area contributed by atoms with Crippen LogP contribution in [-0.4, -0.2) is 29.3 Å². The number of halogens is 1. The first kappa shape index (κ1) is 11.8. The quantitative estimate of drug-likeness (QED) is 0.666. The summed E-state index contributed by atoms with van der Waals surface area (Å²) in [5, 5.41) is 0. The van der Waals surface area contributed by atoms with Gasteiger partial charge in [-0.1, -0.05) is 20.8 Å². The molecule has 1 aliphatic rings. The standard InChI is InChI=1S/C11H20ClNO/c1-8(2)6-11(14)13-5-4-9(3)10(13)7-12/h8-10H,4-7H2,1-3H3. The first-order chi connectivity index (χ1) is 6.56. The third kappa shape index (κ3) is 2.63. The van der Waals surface area contributed by atoms with Crippen LogP contribution in [-0.2, 0) is 4.79 Å². The minimum Gasteiger partial charge on any atom is -0.338 e. The Labute approximate surface area is 91.6 Å². The lowest BCUT2D eigenvalue weighted by Crippen LogP contribution is -2.39. The molecule has 2 atom stereocenters. The van der Waals surface area contributed by atoms with Crippen molar-refractivity contribution in [1.29, 1.82) is 0 Å². The number of alkyl halides is 1. The van der Waals surface area contributed by atoms with Gasteiger partial charge in [0.2, 0.25) is 5.91 Å². The number of carbonyl (C=O) groups is 1. The predicted molar refractivity (Wildman–Crippen MR) is 59.5 cm³/mol. The highest BCUT2D eigenvalue weighted by atomic mass is 35.5. The number of amides is 1. The third-order valence-corrected chi connectivity index (χ3v) is 3.26. The normalized spacial score (nSPS) is 27.4. The van der Waals surface area contributed by atoms with Crippen LogP contribution in [0.5, 0.6) is 0 Å². The van der Waals surface area contributed by atoms with Crippen molar-refractivity contribution < 1.29 is 4.79 Å². The molecular weight excluding hydrogens is 198 g/mol. The fraction of sp³-hybridized carbons (Fsp3) is 0.909. The Balaban J connectivity index is 2.55. The van der Waals surface area contributed by atoms with Gasteiger partial charge in [-0.3, -0.25) is 4.79 Å². The molecule has 14 heavy (non-hydrogen) atoms. The molecule has 0 radical (unpaired) electrons. The van der Waals surface area contributed by atoms with Gasteiger partial charge in [-0.05, 0) is 18.3 Å². The molecule has 1 heterocycles. The summed E-state index contributed by atoms with van der Waals surface area (Å²) in [7, 11) is 0. The summed E-state index contributed by atoms with van der Waals surface area (Å²) in [6, 6.07) is 0.267. The van der Waals surface area contributed by atoms with Crippen molar-refractivity contribution in [2.45, 2.75) is 39.7 Å². The van der Waals surface area contributed by atoms with Gasteiger partial charge in [0.05, 0.1) is 0 Å². The van der Waals surface area contributed by atoms with Crippen LogP contribution >= 0.6 is 11.6 Å². The van der Waals surface area contributed by atoms with Gasteiger partial charge >= 0.3 is 0 Å². The molecular formula is C11H20ClNO. The van der Waals surface area contributed by atoms with Crippen LogP contribution in [0.3, 0.4) is 0 Å². The largest absolute Gasteiger partial charge is 0.338 e. The highest BCUT2D eigenvalue weighted by molar-refractivity contribution is 6.18. The van der Waals surface area contributed by atoms with Gasteiger partial charge in [-0.2, -0.15) is 0 Å².